The van der Waals surface area contributed by atoms with E-state index < -0.39 is 34.1 Å². The van der Waals surface area contributed by atoms with Crippen LogP contribution in [0.5, 0.6) is 0 Å². The lowest BCUT2D eigenvalue weighted by atomic mass is 9.89. The van der Waals surface area contributed by atoms with Gasteiger partial charge in [-0.1, -0.05) is 6.07 Å². The first-order valence-electron chi connectivity index (χ1n) is 12.3. The molecule has 1 aliphatic carbocycles. The van der Waals surface area contributed by atoms with E-state index in [4.69, 9.17) is 37.8 Å². The lowest BCUT2D eigenvalue weighted by molar-refractivity contribution is -0.172. The predicted molar refractivity (Wildman–Crippen MR) is 150 cm³/mol. The van der Waals surface area contributed by atoms with Crippen LogP contribution in [0.25, 0.3) is 33.4 Å². The SMILES string of the molecule is COC(=O)c1cc(C(=O)NCCN2C(=O)C=CC2=O)ccc1-c1c2ccc(=[NH2+])cc-2oc2cc(N)ccc12.O=S(=O)([O-])O. The monoisotopic (exact) mass is 608 g/mol. The summed E-state index contributed by atoms with van der Waals surface area (Å²) < 4.78 is 43.9. The summed E-state index contributed by atoms with van der Waals surface area (Å²) in [5, 5.41) is 9.87. The number of carbonyl (C=O) groups is 4. The molecule has 2 aliphatic heterocycles. The smallest absolute Gasteiger partial charge is 0.338 e. The third kappa shape index (κ3) is 7.10. The maximum absolute atomic E-state index is 12.9. The maximum Gasteiger partial charge on any atom is 0.338 e. The molecule has 3 aliphatic rings. The van der Waals surface area contributed by atoms with Crippen LogP contribution >= 0.6 is 0 Å². The number of methoxy groups -OCH3 is 1. The van der Waals surface area contributed by atoms with E-state index in [1.54, 1.807) is 48.5 Å². The summed E-state index contributed by atoms with van der Waals surface area (Å²) in [6, 6.07) is 15.1. The molecule has 0 unspecified atom stereocenters. The second-order valence-electron chi connectivity index (χ2n) is 9.09. The van der Waals surface area contributed by atoms with E-state index in [-0.39, 0.29) is 24.2 Å². The largest absolute Gasteiger partial charge is 0.726 e. The number of imide groups is 1. The van der Waals surface area contributed by atoms with Gasteiger partial charge in [0.05, 0.1) is 18.7 Å². The number of hydrogen-bond donors (Lipinski definition) is 4. The van der Waals surface area contributed by atoms with E-state index in [1.807, 2.05) is 0 Å². The summed E-state index contributed by atoms with van der Waals surface area (Å²) in [4.78, 5) is 50.3. The molecule has 0 aromatic heterocycles. The van der Waals surface area contributed by atoms with Gasteiger partial charge in [-0.05, 0) is 35.9 Å². The number of benzene rings is 3. The molecule has 2 aromatic carbocycles. The number of amides is 3. The summed E-state index contributed by atoms with van der Waals surface area (Å²) in [7, 11) is -3.66. The molecule has 15 heteroatoms. The third-order valence-corrected chi connectivity index (χ3v) is 6.25. The van der Waals surface area contributed by atoms with E-state index in [0.29, 0.717) is 44.5 Å². The molecule has 0 atom stereocenters. The van der Waals surface area contributed by atoms with Gasteiger partial charge in [-0.15, -0.1) is 0 Å². The summed E-state index contributed by atoms with van der Waals surface area (Å²) >= 11 is 0. The van der Waals surface area contributed by atoms with E-state index in [1.165, 1.54) is 25.3 Å². The molecular formula is C28H24N4O10S. The predicted octanol–water partition coefficient (Wildman–Crippen LogP) is -0.107. The summed E-state index contributed by atoms with van der Waals surface area (Å²) in [5.74, 6) is -1.48. The Bertz CT molecular complexity index is 1920. The van der Waals surface area contributed by atoms with Gasteiger partial charge >= 0.3 is 5.97 Å². The zero-order valence-corrected chi connectivity index (χ0v) is 23.2. The molecule has 0 saturated heterocycles. The highest BCUT2D eigenvalue weighted by atomic mass is 32.3. The van der Waals surface area contributed by atoms with Crippen LogP contribution in [-0.2, 0) is 24.7 Å². The van der Waals surface area contributed by atoms with Gasteiger partial charge in [0.1, 0.15) is 11.3 Å². The Balaban J connectivity index is 0.000000782. The number of carbonyl (C=O) groups excluding carboxylic acids is 4. The van der Waals surface area contributed by atoms with Gasteiger partial charge in [-0.25, -0.2) is 13.2 Å². The van der Waals surface area contributed by atoms with Crippen LogP contribution in [0.4, 0.5) is 5.69 Å². The molecule has 0 bridgehead atoms. The number of nitrogens with one attached hydrogen (secondary N) is 1. The van der Waals surface area contributed by atoms with Gasteiger partial charge in [-0.2, -0.15) is 0 Å². The lowest BCUT2D eigenvalue weighted by Crippen LogP contribution is -2.44. The summed E-state index contributed by atoms with van der Waals surface area (Å²) in [5.41, 5.74) is 9.26. The van der Waals surface area contributed by atoms with Crippen LogP contribution in [0.15, 0.2) is 71.2 Å². The molecule has 2 heterocycles. The number of anilines is 1. The molecule has 0 saturated carbocycles. The van der Waals surface area contributed by atoms with Gasteiger partial charge in [0.15, 0.2) is 5.36 Å². The Labute approximate surface area is 243 Å². The molecular weight excluding hydrogens is 584 g/mol. The molecule has 14 nitrogen and oxygen atoms in total. The highest BCUT2D eigenvalue weighted by molar-refractivity contribution is 7.79. The number of ether oxygens (including phenoxy) is 1. The van der Waals surface area contributed by atoms with Crippen LogP contribution in [-0.4, -0.2) is 66.3 Å². The molecule has 0 radical (unpaired) electrons. The number of nitrogens with two attached hydrogens (primary N) is 2. The number of nitrogens with zero attached hydrogens (tertiary/aromatic N) is 1. The van der Waals surface area contributed by atoms with Crippen molar-refractivity contribution in [3.63, 3.8) is 0 Å². The lowest BCUT2D eigenvalue weighted by Gasteiger charge is -2.18. The van der Waals surface area contributed by atoms with Gasteiger partial charge in [0.2, 0.25) is 10.4 Å². The topological polar surface area (TPSA) is 235 Å². The van der Waals surface area contributed by atoms with Crippen molar-refractivity contribution in [1.29, 1.82) is 0 Å². The van der Waals surface area contributed by atoms with E-state index in [0.717, 1.165) is 4.90 Å². The van der Waals surface area contributed by atoms with Crippen LogP contribution in [0.3, 0.4) is 0 Å². The van der Waals surface area contributed by atoms with E-state index in [9.17, 15) is 19.2 Å². The molecule has 222 valence electrons. The Morgan fingerprint density at radius 3 is 2.35 bits per heavy atom. The van der Waals surface area contributed by atoms with Gasteiger partial charge in [0, 0.05) is 65.1 Å². The van der Waals surface area contributed by atoms with Gasteiger partial charge < -0.3 is 24.8 Å². The molecule has 2 aromatic rings. The minimum absolute atomic E-state index is 0.0239. The molecule has 43 heavy (non-hydrogen) atoms. The third-order valence-electron chi connectivity index (χ3n) is 6.25. The van der Waals surface area contributed by atoms with Gasteiger partial charge in [-0.3, -0.25) is 29.2 Å². The number of esters is 1. The van der Waals surface area contributed by atoms with Crippen molar-refractivity contribution < 1.29 is 51.3 Å². The van der Waals surface area contributed by atoms with Crippen LogP contribution in [0, 0.1) is 0 Å². The first-order valence-corrected chi connectivity index (χ1v) is 13.7. The van der Waals surface area contributed by atoms with Crippen LogP contribution in [0.1, 0.15) is 20.7 Å². The standard InChI is InChI=1S/C28H22N4O6.H2O4S/c1-37-28(36)21-12-15(27(35)31-10-11-32-24(33)8-9-25(32)34)2-5-18(21)26-19-6-3-16(29)13-22(19)38-23-14-17(30)4-7-20(23)26;1-5(2,3)4/h2-9,12-14,29H,10-11,30H2,1H3,(H,31,35);(H2,1,2,3,4). The number of rotatable bonds is 6. The minimum Gasteiger partial charge on any atom is -0.726 e. The Morgan fingerprint density at radius 2 is 1.70 bits per heavy atom. The zero-order valence-electron chi connectivity index (χ0n) is 22.4. The van der Waals surface area contributed by atoms with Crippen LogP contribution in [0.2, 0.25) is 0 Å². The molecule has 0 fully saturated rings. The quantitative estimate of drug-likeness (QED) is 0.0563. The van der Waals surface area contributed by atoms with E-state index >= 15 is 0 Å². The van der Waals surface area contributed by atoms with E-state index in [2.05, 4.69) is 5.32 Å². The Morgan fingerprint density at radius 1 is 1.05 bits per heavy atom. The average molecular weight is 609 g/mol. The molecule has 0 spiro atoms. The van der Waals surface area contributed by atoms with Crippen molar-refractivity contribution in [3.8, 4) is 22.5 Å². The number of hydrogen-bond acceptors (Lipinski definition) is 10. The molecule has 3 amide bonds. The minimum atomic E-state index is -4.92. The Kier molecular flexibility index (Phi) is 8.70. The van der Waals surface area contributed by atoms with Crippen molar-refractivity contribution >= 4 is 50.7 Å². The molecule has 5 rings (SSSR count). The second-order valence-corrected chi connectivity index (χ2v) is 9.94. The number of fused-ring (bicyclic) bond motifs is 2. The average Bonchev–Trinajstić information content (AvgIpc) is 3.26. The highest BCUT2D eigenvalue weighted by Crippen LogP contribution is 2.41. The fraction of sp³-hybridized carbons (Fsp3) is 0.107. The Hall–Kier alpha value is -5.38. The summed E-state index contributed by atoms with van der Waals surface area (Å²) in [6.07, 6.45) is 2.36. The second kappa shape index (κ2) is 12.2. The summed E-state index contributed by atoms with van der Waals surface area (Å²) in [6.45, 7) is 0.0711. The molecule has 6 N–H and O–H groups in total. The fourth-order valence-electron chi connectivity index (χ4n) is 4.43. The highest BCUT2D eigenvalue weighted by Gasteiger charge is 2.25. The fourth-order valence-corrected chi connectivity index (χ4v) is 4.43. The first kappa shape index (κ1) is 30.6. The normalized spacial score (nSPS) is 12.8. The van der Waals surface area contributed by atoms with Crippen LogP contribution < -0.4 is 21.8 Å². The van der Waals surface area contributed by atoms with Crippen molar-refractivity contribution in [3.05, 3.63) is 83.2 Å². The number of nitrogen functional groups attached to an aromatic ring is 1. The maximum atomic E-state index is 12.9. The van der Waals surface area contributed by atoms with Crippen molar-refractivity contribution in [1.82, 2.24) is 10.2 Å². The van der Waals surface area contributed by atoms with Crippen molar-refractivity contribution in [2.75, 3.05) is 25.9 Å². The van der Waals surface area contributed by atoms with Crippen molar-refractivity contribution in [2.24, 2.45) is 0 Å². The van der Waals surface area contributed by atoms with Gasteiger partial charge in [0.25, 0.3) is 17.7 Å². The van der Waals surface area contributed by atoms with Crippen molar-refractivity contribution in [2.45, 2.75) is 0 Å². The first-order chi connectivity index (χ1) is 20.3. The zero-order chi connectivity index (χ0) is 31.5.